The summed E-state index contributed by atoms with van der Waals surface area (Å²) >= 11 is 0. The minimum Gasteiger partial charge on any atom is -0.354 e. The Hall–Kier alpha value is -0.320. The number of halogens is 1. The smallest absolute Gasteiger partial charge is 0.221 e. The lowest BCUT2D eigenvalue weighted by Gasteiger charge is -2.43. The zero-order chi connectivity index (χ0) is 12.9. The van der Waals surface area contributed by atoms with E-state index in [-0.39, 0.29) is 29.9 Å². The van der Waals surface area contributed by atoms with Crippen molar-refractivity contribution in [3.05, 3.63) is 0 Å². The number of nitrogens with two attached hydrogens (primary N) is 1. The first-order chi connectivity index (χ1) is 7.96. The van der Waals surface area contributed by atoms with Gasteiger partial charge in [-0.25, -0.2) is 0 Å². The fourth-order valence-corrected chi connectivity index (χ4v) is 2.62. The fraction of sp³-hybridized carbons (Fsp3) is 0.923. The molecule has 4 nitrogen and oxygen atoms in total. The highest BCUT2D eigenvalue weighted by Crippen LogP contribution is 2.31. The van der Waals surface area contributed by atoms with Crippen molar-refractivity contribution in [3.8, 4) is 0 Å². The minimum atomic E-state index is -0.0586. The summed E-state index contributed by atoms with van der Waals surface area (Å²) in [4.78, 5) is 13.9. The van der Waals surface area contributed by atoms with Crippen LogP contribution in [0, 0.1) is 0 Å². The van der Waals surface area contributed by atoms with Crippen molar-refractivity contribution >= 4 is 18.3 Å². The van der Waals surface area contributed by atoms with Crippen LogP contribution in [-0.2, 0) is 4.79 Å². The van der Waals surface area contributed by atoms with Gasteiger partial charge in [0, 0.05) is 24.5 Å². The molecule has 108 valence electrons. The van der Waals surface area contributed by atoms with Crippen LogP contribution in [0.25, 0.3) is 0 Å². The van der Waals surface area contributed by atoms with Gasteiger partial charge in [0.15, 0.2) is 0 Å². The van der Waals surface area contributed by atoms with Crippen molar-refractivity contribution in [2.45, 2.75) is 57.0 Å². The second kappa shape index (κ2) is 7.97. The Balaban J connectivity index is 0.00000289. The Morgan fingerprint density at radius 3 is 2.33 bits per heavy atom. The Morgan fingerprint density at radius 2 is 1.89 bits per heavy atom. The van der Waals surface area contributed by atoms with Gasteiger partial charge in [-0.1, -0.05) is 19.3 Å². The Morgan fingerprint density at radius 1 is 1.33 bits per heavy atom. The number of hydrogen-bond acceptors (Lipinski definition) is 3. The number of rotatable bonds is 5. The van der Waals surface area contributed by atoms with E-state index in [0.717, 1.165) is 6.54 Å². The van der Waals surface area contributed by atoms with Gasteiger partial charge in [0.2, 0.25) is 5.91 Å². The van der Waals surface area contributed by atoms with Crippen molar-refractivity contribution in [1.29, 1.82) is 0 Å². The number of hydrogen-bond donors (Lipinski definition) is 2. The van der Waals surface area contributed by atoms with Gasteiger partial charge in [-0.15, -0.1) is 12.4 Å². The van der Waals surface area contributed by atoms with Gasteiger partial charge in [-0.05, 0) is 33.9 Å². The molecule has 1 saturated carbocycles. The summed E-state index contributed by atoms with van der Waals surface area (Å²) < 4.78 is 0. The number of amides is 1. The van der Waals surface area contributed by atoms with Crippen LogP contribution in [0.2, 0.25) is 0 Å². The van der Waals surface area contributed by atoms with E-state index in [0.29, 0.717) is 6.42 Å². The summed E-state index contributed by atoms with van der Waals surface area (Å²) in [6, 6.07) is -0.0586. The summed E-state index contributed by atoms with van der Waals surface area (Å²) in [6.07, 6.45) is 6.63. The zero-order valence-electron chi connectivity index (χ0n) is 11.9. The highest BCUT2D eigenvalue weighted by Gasteiger charge is 2.34. The van der Waals surface area contributed by atoms with E-state index < -0.39 is 0 Å². The molecule has 0 radical (unpaired) electrons. The molecular formula is C13H28ClN3O. The van der Waals surface area contributed by atoms with E-state index in [1.165, 1.54) is 32.1 Å². The van der Waals surface area contributed by atoms with Crippen LogP contribution in [0.15, 0.2) is 0 Å². The van der Waals surface area contributed by atoms with Crippen molar-refractivity contribution in [2.24, 2.45) is 5.73 Å². The first-order valence-corrected chi connectivity index (χ1v) is 6.66. The molecule has 1 aliphatic carbocycles. The summed E-state index contributed by atoms with van der Waals surface area (Å²) in [6.45, 7) is 2.62. The van der Waals surface area contributed by atoms with Crippen LogP contribution >= 0.6 is 12.4 Å². The highest BCUT2D eigenvalue weighted by atomic mass is 35.5. The first kappa shape index (κ1) is 17.7. The van der Waals surface area contributed by atoms with E-state index in [1.54, 1.807) is 0 Å². The van der Waals surface area contributed by atoms with Crippen molar-refractivity contribution in [3.63, 3.8) is 0 Å². The van der Waals surface area contributed by atoms with Crippen LogP contribution in [0.3, 0.4) is 0 Å². The van der Waals surface area contributed by atoms with Gasteiger partial charge in [-0.3, -0.25) is 4.79 Å². The van der Waals surface area contributed by atoms with E-state index in [2.05, 4.69) is 24.3 Å². The molecule has 0 saturated heterocycles. The molecule has 1 atom stereocenters. The van der Waals surface area contributed by atoms with Crippen LogP contribution in [-0.4, -0.2) is 43.0 Å². The van der Waals surface area contributed by atoms with Gasteiger partial charge in [0.05, 0.1) is 0 Å². The van der Waals surface area contributed by atoms with Crippen molar-refractivity contribution in [2.75, 3.05) is 20.6 Å². The largest absolute Gasteiger partial charge is 0.354 e. The summed E-state index contributed by atoms with van der Waals surface area (Å²) in [5, 5.41) is 3.05. The molecule has 0 aromatic rings. The maximum Gasteiger partial charge on any atom is 0.221 e. The summed E-state index contributed by atoms with van der Waals surface area (Å²) in [5.74, 6) is 0.0757. The van der Waals surface area contributed by atoms with Gasteiger partial charge < -0.3 is 16.0 Å². The third kappa shape index (κ3) is 5.12. The molecule has 0 aromatic heterocycles. The van der Waals surface area contributed by atoms with Gasteiger partial charge in [0.25, 0.3) is 0 Å². The molecular weight excluding hydrogens is 250 g/mol. The van der Waals surface area contributed by atoms with Crippen LogP contribution in [0.1, 0.15) is 45.4 Å². The third-order valence-electron chi connectivity index (χ3n) is 3.85. The fourth-order valence-electron chi connectivity index (χ4n) is 2.62. The molecule has 1 rings (SSSR count). The van der Waals surface area contributed by atoms with E-state index in [4.69, 9.17) is 5.73 Å². The molecule has 5 heteroatoms. The van der Waals surface area contributed by atoms with Crippen molar-refractivity contribution < 1.29 is 4.79 Å². The Labute approximate surface area is 117 Å². The van der Waals surface area contributed by atoms with E-state index in [1.807, 2.05) is 6.92 Å². The average molecular weight is 278 g/mol. The van der Waals surface area contributed by atoms with Crippen LogP contribution in [0.4, 0.5) is 0 Å². The minimum absolute atomic E-state index is 0. The molecule has 1 fully saturated rings. The third-order valence-corrected chi connectivity index (χ3v) is 3.85. The van der Waals surface area contributed by atoms with Crippen LogP contribution in [0.5, 0.6) is 0 Å². The SMILES string of the molecule is CC(N)CC(=O)NCC1(N(C)C)CCCCC1.Cl. The Kier molecular flexibility index (Phi) is 7.83. The van der Waals surface area contributed by atoms with E-state index >= 15 is 0 Å². The molecule has 0 aliphatic heterocycles. The van der Waals surface area contributed by atoms with Crippen LogP contribution < -0.4 is 11.1 Å². The molecule has 18 heavy (non-hydrogen) atoms. The molecule has 0 aromatic carbocycles. The summed E-state index contributed by atoms with van der Waals surface area (Å²) in [7, 11) is 4.23. The summed E-state index contributed by atoms with van der Waals surface area (Å²) in [5.41, 5.74) is 5.78. The molecule has 1 unspecified atom stereocenters. The normalized spacial score (nSPS) is 20.1. The first-order valence-electron chi connectivity index (χ1n) is 6.66. The average Bonchev–Trinajstić information content (AvgIpc) is 2.26. The maximum atomic E-state index is 11.7. The quantitative estimate of drug-likeness (QED) is 0.801. The molecule has 3 N–H and O–H groups in total. The Bertz CT molecular complexity index is 251. The number of carbonyl (C=O) groups excluding carboxylic acids is 1. The lowest BCUT2D eigenvalue weighted by Crippen LogP contribution is -2.54. The highest BCUT2D eigenvalue weighted by molar-refractivity contribution is 5.85. The molecule has 1 aliphatic rings. The number of carbonyl (C=O) groups is 1. The van der Waals surface area contributed by atoms with Gasteiger partial charge >= 0.3 is 0 Å². The number of nitrogens with one attached hydrogen (secondary N) is 1. The molecule has 0 bridgehead atoms. The maximum absolute atomic E-state index is 11.7. The van der Waals surface area contributed by atoms with Crippen molar-refractivity contribution in [1.82, 2.24) is 10.2 Å². The topological polar surface area (TPSA) is 58.4 Å². The zero-order valence-corrected chi connectivity index (χ0v) is 12.7. The second-order valence-corrected chi connectivity index (χ2v) is 5.64. The second-order valence-electron chi connectivity index (χ2n) is 5.64. The number of nitrogens with zero attached hydrogens (tertiary/aromatic N) is 1. The lowest BCUT2D eigenvalue weighted by atomic mass is 9.80. The van der Waals surface area contributed by atoms with Gasteiger partial charge in [0.1, 0.15) is 0 Å². The lowest BCUT2D eigenvalue weighted by molar-refractivity contribution is -0.122. The number of likely N-dealkylation sites (N-methyl/N-ethyl adjacent to an activating group) is 1. The van der Waals surface area contributed by atoms with Gasteiger partial charge in [-0.2, -0.15) is 0 Å². The predicted molar refractivity (Wildman–Crippen MR) is 78.0 cm³/mol. The standard InChI is InChI=1S/C13H27N3O.ClH/c1-11(14)9-12(17)15-10-13(16(2)3)7-5-4-6-8-13;/h11H,4-10,14H2,1-3H3,(H,15,17);1H. The van der Waals surface area contributed by atoms with E-state index in [9.17, 15) is 4.79 Å². The molecule has 0 heterocycles. The molecule has 1 amide bonds. The molecule has 0 spiro atoms. The predicted octanol–water partition coefficient (Wildman–Crippen LogP) is 1.53. The monoisotopic (exact) mass is 277 g/mol.